The minimum absolute atomic E-state index is 0.0472. The van der Waals surface area contributed by atoms with E-state index in [4.69, 9.17) is 14.2 Å². The van der Waals surface area contributed by atoms with E-state index in [1.807, 2.05) is 51.1 Å². The highest BCUT2D eigenvalue weighted by atomic mass is 16.5. The molecule has 0 saturated carbocycles. The van der Waals surface area contributed by atoms with Gasteiger partial charge in [-0.2, -0.15) is 5.26 Å². The topological polar surface area (TPSA) is 111 Å². The molecular weight excluding hydrogens is 472 g/mol. The smallest absolute Gasteiger partial charge is 0.271 e. The predicted molar refractivity (Wildman–Crippen MR) is 140 cm³/mol. The fraction of sp³-hybridized carbons (Fsp3) is 0.345. The molecule has 8 heteroatoms. The Morgan fingerprint density at radius 2 is 1.76 bits per heavy atom. The Hall–Kier alpha value is -4.25. The maximum absolute atomic E-state index is 13.2. The summed E-state index contributed by atoms with van der Waals surface area (Å²) in [5.74, 6) is 0.859. The maximum Gasteiger partial charge on any atom is 0.271 e. The maximum atomic E-state index is 13.2. The third-order valence-corrected chi connectivity index (χ3v) is 6.30. The van der Waals surface area contributed by atoms with Gasteiger partial charge in [0, 0.05) is 6.54 Å². The number of hydrogen-bond donors (Lipinski definition) is 1. The number of rotatable bonds is 10. The first-order valence-corrected chi connectivity index (χ1v) is 12.0. The van der Waals surface area contributed by atoms with Gasteiger partial charge in [-0.15, -0.1) is 0 Å². The van der Waals surface area contributed by atoms with Crippen LogP contribution in [0.15, 0.2) is 41.2 Å². The third kappa shape index (κ3) is 5.78. The molecule has 2 aromatic carbocycles. The number of nitrogens with zero attached hydrogens (tertiary/aromatic N) is 2. The fourth-order valence-corrected chi connectivity index (χ4v) is 4.23. The summed E-state index contributed by atoms with van der Waals surface area (Å²) in [6, 6.07) is 13.0. The average Bonchev–Trinajstić information content (AvgIpc) is 2.87. The second-order valence-electron chi connectivity index (χ2n) is 9.11. The largest absolute Gasteiger partial charge is 0.494 e. The van der Waals surface area contributed by atoms with E-state index in [1.165, 1.54) is 21.1 Å². The summed E-state index contributed by atoms with van der Waals surface area (Å²) in [7, 11) is 3.06. The monoisotopic (exact) mass is 504 g/mol. The van der Waals surface area contributed by atoms with E-state index in [2.05, 4.69) is 0 Å². The summed E-state index contributed by atoms with van der Waals surface area (Å²) in [5, 5.41) is 20.7. The highest BCUT2D eigenvalue weighted by molar-refractivity contribution is 6.01. The van der Waals surface area contributed by atoms with Crippen LogP contribution in [0.5, 0.6) is 23.1 Å². The molecule has 0 amide bonds. The van der Waals surface area contributed by atoms with Crippen molar-refractivity contribution in [1.29, 1.82) is 5.26 Å². The number of ketones is 1. The van der Waals surface area contributed by atoms with Gasteiger partial charge in [0.2, 0.25) is 11.7 Å². The van der Waals surface area contributed by atoms with Crippen molar-refractivity contribution in [2.75, 3.05) is 20.8 Å². The van der Waals surface area contributed by atoms with Crippen molar-refractivity contribution in [3.63, 3.8) is 0 Å². The van der Waals surface area contributed by atoms with E-state index in [9.17, 15) is 20.0 Å². The SMILES string of the molecule is COc1ccc(CCn2c(O)c(C(=O)COc3cc(C)ccc3C(C)C)c(C)c(C#N)c2=O)cc1OC. The molecule has 3 aromatic rings. The Morgan fingerprint density at radius 1 is 1.05 bits per heavy atom. The van der Waals surface area contributed by atoms with Crippen LogP contribution in [0, 0.1) is 25.2 Å². The van der Waals surface area contributed by atoms with E-state index in [0.29, 0.717) is 23.7 Å². The van der Waals surface area contributed by atoms with E-state index >= 15 is 0 Å². The van der Waals surface area contributed by atoms with Gasteiger partial charge in [-0.25, -0.2) is 0 Å². The van der Waals surface area contributed by atoms with Crippen molar-refractivity contribution in [3.05, 3.63) is 80.1 Å². The molecule has 3 rings (SSSR count). The summed E-state index contributed by atoms with van der Waals surface area (Å²) in [5.41, 5.74) is 1.96. The summed E-state index contributed by atoms with van der Waals surface area (Å²) in [4.78, 5) is 26.2. The van der Waals surface area contributed by atoms with Crippen molar-refractivity contribution >= 4 is 5.78 Å². The number of pyridine rings is 1. The number of carbonyl (C=O) groups is 1. The van der Waals surface area contributed by atoms with E-state index < -0.39 is 17.2 Å². The van der Waals surface area contributed by atoms with Crippen LogP contribution in [0.2, 0.25) is 0 Å². The number of benzene rings is 2. The lowest BCUT2D eigenvalue weighted by molar-refractivity contribution is 0.0915. The molecule has 1 heterocycles. The van der Waals surface area contributed by atoms with Crippen molar-refractivity contribution in [3.8, 4) is 29.2 Å². The standard InChI is InChI=1S/C29H32N2O6/c1-17(2)21-9-7-18(3)13-25(21)37-16-23(32)27-19(4)22(15-30)28(33)31(29(27)34)12-11-20-8-10-24(35-5)26(14-20)36-6/h7-10,13-14,17,34H,11-12,16H2,1-6H3. The Morgan fingerprint density at radius 3 is 2.38 bits per heavy atom. The zero-order valence-electron chi connectivity index (χ0n) is 22.0. The second kappa shape index (κ2) is 11.7. The first-order valence-electron chi connectivity index (χ1n) is 12.0. The van der Waals surface area contributed by atoms with E-state index in [-0.39, 0.29) is 35.8 Å². The number of nitriles is 1. The van der Waals surface area contributed by atoms with Crippen LogP contribution < -0.4 is 19.8 Å². The van der Waals surface area contributed by atoms with Gasteiger partial charge in [-0.3, -0.25) is 14.2 Å². The number of methoxy groups -OCH3 is 2. The van der Waals surface area contributed by atoms with Gasteiger partial charge in [-0.05, 0) is 66.6 Å². The average molecular weight is 505 g/mol. The van der Waals surface area contributed by atoms with Gasteiger partial charge in [0.25, 0.3) is 5.56 Å². The summed E-state index contributed by atoms with van der Waals surface area (Å²) in [6.45, 7) is 7.17. The van der Waals surface area contributed by atoms with Gasteiger partial charge in [0.05, 0.1) is 19.8 Å². The molecule has 0 fully saturated rings. The molecule has 0 unspecified atom stereocenters. The summed E-state index contributed by atoms with van der Waals surface area (Å²) < 4.78 is 17.5. The molecule has 1 N–H and O–H groups in total. The van der Waals surface area contributed by atoms with Gasteiger partial charge in [0.1, 0.15) is 17.4 Å². The van der Waals surface area contributed by atoms with Crippen LogP contribution in [0.4, 0.5) is 0 Å². The molecule has 0 spiro atoms. The van der Waals surface area contributed by atoms with Crippen molar-refractivity contribution in [2.24, 2.45) is 0 Å². The summed E-state index contributed by atoms with van der Waals surface area (Å²) in [6.07, 6.45) is 0.340. The molecule has 37 heavy (non-hydrogen) atoms. The zero-order valence-corrected chi connectivity index (χ0v) is 22.0. The Balaban J connectivity index is 1.93. The fourth-order valence-electron chi connectivity index (χ4n) is 4.23. The number of aromatic hydroxyl groups is 1. The number of aromatic nitrogens is 1. The number of aryl methyl sites for hydroxylation is 2. The molecular formula is C29H32N2O6. The minimum atomic E-state index is -0.656. The van der Waals surface area contributed by atoms with Crippen LogP contribution in [0.25, 0.3) is 0 Å². The van der Waals surface area contributed by atoms with E-state index in [0.717, 1.165) is 21.3 Å². The third-order valence-electron chi connectivity index (χ3n) is 6.30. The van der Waals surface area contributed by atoms with Gasteiger partial charge in [0.15, 0.2) is 18.1 Å². The molecule has 0 aliphatic rings. The molecule has 194 valence electrons. The van der Waals surface area contributed by atoms with Crippen molar-refractivity contribution in [1.82, 2.24) is 4.57 Å². The highest BCUT2D eigenvalue weighted by Gasteiger charge is 2.25. The van der Waals surface area contributed by atoms with Crippen LogP contribution >= 0.6 is 0 Å². The molecule has 1 aromatic heterocycles. The summed E-state index contributed by atoms with van der Waals surface area (Å²) >= 11 is 0. The van der Waals surface area contributed by atoms with Crippen LogP contribution in [-0.4, -0.2) is 36.3 Å². The number of ether oxygens (including phenoxy) is 3. The lowest BCUT2D eigenvalue weighted by Gasteiger charge is -2.17. The number of Topliss-reactive ketones (excluding diaryl/α,β-unsaturated/α-hetero) is 1. The quantitative estimate of drug-likeness (QED) is 0.399. The lowest BCUT2D eigenvalue weighted by atomic mass is 10.00. The second-order valence-corrected chi connectivity index (χ2v) is 9.11. The Kier molecular flexibility index (Phi) is 8.61. The Labute approximate surface area is 216 Å². The zero-order chi connectivity index (χ0) is 27.3. The van der Waals surface area contributed by atoms with Crippen LogP contribution in [0.3, 0.4) is 0 Å². The highest BCUT2D eigenvalue weighted by Crippen LogP contribution is 2.30. The first-order chi connectivity index (χ1) is 17.6. The first kappa shape index (κ1) is 27.3. The predicted octanol–water partition coefficient (Wildman–Crippen LogP) is 4.69. The molecule has 0 aliphatic heterocycles. The lowest BCUT2D eigenvalue weighted by Crippen LogP contribution is -2.28. The van der Waals surface area contributed by atoms with Crippen LogP contribution in [-0.2, 0) is 13.0 Å². The van der Waals surface area contributed by atoms with Gasteiger partial charge in [-0.1, -0.05) is 32.0 Å². The van der Waals surface area contributed by atoms with E-state index in [1.54, 1.807) is 12.1 Å². The molecule has 0 saturated heterocycles. The molecule has 0 bridgehead atoms. The molecule has 0 atom stereocenters. The van der Waals surface area contributed by atoms with Gasteiger partial charge < -0.3 is 19.3 Å². The molecule has 0 aliphatic carbocycles. The molecule has 0 radical (unpaired) electrons. The number of hydrogen-bond acceptors (Lipinski definition) is 7. The minimum Gasteiger partial charge on any atom is -0.494 e. The van der Waals surface area contributed by atoms with Crippen molar-refractivity contribution < 1.29 is 24.1 Å². The normalized spacial score (nSPS) is 10.8. The van der Waals surface area contributed by atoms with Crippen LogP contribution in [0.1, 0.15) is 57.9 Å². The van der Waals surface area contributed by atoms with Gasteiger partial charge >= 0.3 is 0 Å². The molecule has 8 nitrogen and oxygen atoms in total. The van der Waals surface area contributed by atoms with Crippen molar-refractivity contribution in [2.45, 2.75) is 46.6 Å². The number of carbonyl (C=O) groups excluding carboxylic acids is 1. The Bertz CT molecular complexity index is 1420.